The molecule has 2 rings (SSSR count). The van der Waals surface area contributed by atoms with E-state index in [0.29, 0.717) is 15.8 Å². The van der Waals surface area contributed by atoms with Crippen LogP contribution in [0, 0.1) is 0 Å². The zero-order valence-corrected chi connectivity index (χ0v) is 16.8. The standard InChI is InChI=1S/C19H38P2/c1-16(2)20(18-11-7-5-8-12-18)15-21(17(3)4)19-13-9-6-10-14-19/h16-19H,5-15H2,1-4H3. The van der Waals surface area contributed by atoms with Crippen LogP contribution in [0.25, 0.3) is 0 Å². The number of rotatable bonds is 6. The van der Waals surface area contributed by atoms with Crippen LogP contribution in [0.5, 0.6) is 0 Å². The van der Waals surface area contributed by atoms with Crippen molar-refractivity contribution in [3.63, 3.8) is 0 Å². The zero-order valence-electron chi connectivity index (χ0n) is 15.0. The Hall–Kier alpha value is 0.860. The molecule has 0 aliphatic heterocycles. The minimum absolute atomic E-state index is 0.294. The molecule has 0 aromatic carbocycles. The summed E-state index contributed by atoms with van der Waals surface area (Å²) in [5.41, 5.74) is 4.19. The normalized spacial score (nSPS) is 25.4. The minimum atomic E-state index is 0.294. The lowest BCUT2D eigenvalue weighted by molar-refractivity contribution is 0.507. The summed E-state index contributed by atoms with van der Waals surface area (Å²) in [4.78, 5) is 0. The Kier molecular flexibility index (Phi) is 8.00. The molecule has 0 aromatic heterocycles. The second-order valence-corrected chi connectivity index (χ2v) is 14.7. The van der Waals surface area contributed by atoms with Crippen LogP contribution >= 0.6 is 15.8 Å². The molecular weight excluding hydrogens is 290 g/mol. The fourth-order valence-corrected chi connectivity index (χ4v) is 14.1. The van der Waals surface area contributed by atoms with E-state index in [9.17, 15) is 0 Å². The molecule has 0 amide bonds. The molecule has 0 heterocycles. The second kappa shape index (κ2) is 9.23. The van der Waals surface area contributed by atoms with Gasteiger partial charge in [0.2, 0.25) is 0 Å². The topological polar surface area (TPSA) is 0 Å². The fraction of sp³-hybridized carbons (Fsp3) is 1.00. The molecule has 0 aromatic rings. The van der Waals surface area contributed by atoms with Crippen LogP contribution in [0.2, 0.25) is 0 Å². The Labute approximate surface area is 136 Å². The Morgan fingerprint density at radius 2 is 0.952 bits per heavy atom. The van der Waals surface area contributed by atoms with Gasteiger partial charge in [-0.3, -0.25) is 0 Å². The van der Waals surface area contributed by atoms with Gasteiger partial charge < -0.3 is 0 Å². The lowest BCUT2D eigenvalue weighted by Gasteiger charge is -2.41. The van der Waals surface area contributed by atoms with Crippen LogP contribution in [-0.4, -0.2) is 28.5 Å². The third kappa shape index (κ3) is 5.46. The van der Waals surface area contributed by atoms with Crippen molar-refractivity contribution in [1.82, 2.24) is 0 Å². The molecule has 2 unspecified atom stereocenters. The van der Waals surface area contributed by atoms with Crippen LogP contribution in [0.3, 0.4) is 0 Å². The highest BCUT2D eigenvalue weighted by Crippen LogP contribution is 2.64. The molecule has 124 valence electrons. The van der Waals surface area contributed by atoms with Crippen molar-refractivity contribution in [1.29, 1.82) is 0 Å². The van der Waals surface area contributed by atoms with E-state index in [-0.39, 0.29) is 0 Å². The SMILES string of the molecule is CC(C)P(CP(C(C)C)C1CCCCC1)C1CCCCC1. The Morgan fingerprint density at radius 3 is 1.24 bits per heavy atom. The van der Waals surface area contributed by atoms with Crippen molar-refractivity contribution >= 4 is 15.8 Å². The van der Waals surface area contributed by atoms with Crippen LogP contribution in [0.4, 0.5) is 0 Å². The first-order chi connectivity index (χ1) is 10.1. The summed E-state index contributed by atoms with van der Waals surface area (Å²) < 4.78 is 0. The van der Waals surface area contributed by atoms with E-state index in [2.05, 4.69) is 27.7 Å². The van der Waals surface area contributed by atoms with E-state index in [0.717, 1.165) is 22.6 Å². The molecule has 0 saturated heterocycles. The van der Waals surface area contributed by atoms with Crippen molar-refractivity contribution in [2.24, 2.45) is 0 Å². The fourth-order valence-electron chi connectivity index (χ4n) is 4.41. The summed E-state index contributed by atoms with van der Waals surface area (Å²) >= 11 is 0. The summed E-state index contributed by atoms with van der Waals surface area (Å²) in [6.07, 6.45) is 15.4. The summed E-state index contributed by atoms with van der Waals surface area (Å²) in [5.74, 6) is 1.66. The van der Waals surface area contributed by atoms with Crippen molar-refractivity contribution in [3.05, 3.63) is 0 Å². The van der Waals surface area contributed by atoms with Gasteiger partial charge in [-0.1, -0.05) is 82.1 Å². The smallest absolute Gasteiger partial charge is 0.0111 e. The first-order valence-electron chi connectivity index (χ1n) is 9.61. The van der Waals surface area contributed by atoms with Gasteiger partial charge in [0.1, 0.15) is 0 Å². The van der Waals surface area contributed by atoms with Gasteiger partial charge in [-0.05, 0) is 54.2 Å². The van der Waals surface area contributed by atoms with Gasteiger partial charge >= 0.3 is 0 Å². The first-order valence-corrected chi connectivity index (χ1v) is 12.9. The Morgan fingerprint density at radius 1 is 0.619 bits per heavy atom. The minimum Gasteiger partial charge on any atom is -0.0965 e. The highest BCUT2D eigenvalue weighted by Gasteiger charge is 2.32. The molecule has 0 radical (unpaired) electrons. The van der Waals surface area contributed by atoms with Gasteiger partial charge in [0, 0.05) is 0 Å². The third-order valence-corrected chi connectivity index (χ3v) is 13.9. The largest absolute Gasteiger partial charge is 0.0965 e. The van der Waals surface area contributed by atoms with E-state index >= 15 is 0 Å². The molecule has 2 aliphatic carbocycles. The first kappa shape index (κ1) is 18.2. The maximum atomic E-state index is 2.54. The quantitative estimate of drug-likeness (QED) is 0.446. The van der Waals surface area contributed by atoms with Gasteiger partial charge in [0.25, 0.3) is 0 Å². The van der Waals surface area contributed by atoms with E-state index in [1.54, 1.807) is 31.6 Å². The van der Waals surface area contributed by atoms with Gasteiger partial charge in [0.05, 0.1) is 0 Å². The average molecular weight is 328 g/mol. The number of hydrogen-bond donors (Lipinski definition) is 0. The molecule has 0 spiro atoms. The zero-order chi connectivity index (χ0) is 15.2. The van der Waals surface area contributed by atoms with E-state index in [1.165, 1.54) is 38.5 Å². The Balaban J connectivity index is 2.00. The Bertz CT molecular complexity index is 247. The predicted octanol–water partition coefficient (Wildman–Crippen LogP) is 7.39. The van der Waals surface area contributed by atoms with Crippen molar-refractivity contribution in [3.8, 4) is 0 Å². The average Bonchev–Trinajstić information content (AvgIpc) is 2.49. The lowest BCUT2D eigenvalue weighted by atomic mass is 10.0. The molecule has 2 aliphatic rings. The molecule has 0 nitrogen and oxygen atoms in total. The molecule has 2 saturated carbocycles. The van der Waals surface area contributed by atoms with Crippen molar-refractivity contribution < 1.29 is 0 Å². The van der Waals surface area contributed by atoms with Crippen molar-refractivity contribution in [2.75, 3.05) is 5.90 Å². The van der Waals surface area contributed by atoms with Gasteiger partial charge in [0.15, 0.2) is 0 Å². The second-order valence-electron chi connectivity index (χ2n) is 7.94. The van der Waals surface area contributed by atoms with Crippen LogP contribution in [0.1, 0.15) is 91.9 Å². The summed E-state index contributed by atoms with van der Waals surface area (Å²) in [5, 5.41) is 0. The van der Waals surface area contributed by atoms with E-state index in [4.69, 9.17) is 0 Å². The molecule has 0 bridgehead atoms. The van der Waals surface area contributed by atoms with Crippen LogP contribution < -0.4 is 0 Å². The maximum absolute atomic E-state index is 2.54. The van der Waals surface area contributed by atoms with Crippen LogP contribution in [-0.2, 0) is 0 Å². The predicted molar refractivity (Wildman–Crippen MR) is 103 cm³/mol. The van der Waals surface area contributed by atoms with Gasteiger partial charge in [-0.15, -0.1) is 0 Å². The van der Waals surface area contributed by atoms with E-state index < -0.39 is 0 Å². The third-order valence-electron chi connectivity index (χ3n) is 5.74. The maximum Gasteiger partial charge on any atom is -0.0111 e. The number of hydrogen-bond acceptors (Lipinski definition) is 0. The molecule has 0 N–H and O–H groups in total. The van der Waals surface area contributed by atoms with Gasteiger partial charge in [-0.2, -0.15) is 0 Å². The lowest BCUT2D eigenvalue weighted by Crippen LogP contribution is -2.21. The highest BCUT2D eigenvalue weighted by molar-refractivity contribution is 7.76. The summed E-state index contributed by atoms with van der Waals surface area (Å²) in [7, 11) is 0.589. The van der Waals surface area contributed by atoms with Crippen molar-refractivity contribution in [2.45, 2.75) is 115 Å². The van der Waals surface area contributed by atoms with Gasteiger partial charge in [-0.25, -0.2) is 0 Å². The summed E-state index contributed by atoms with van der Waals surface area (Å²) in [6.45, 7) is 10.1. The molecule has 2 fully saturated rings. The van der Waals surface area contributed by atoms with Crippen LogP contribution in [0.15, 0.2) is 0 Å². The molecule has 21 heavy (non-hydrogen) atoms. The summed E-state index contributed by atoms with van der Waals surface area (Å²) in [6, 6.07) is 0. The molecule has 2 atom stereocenters. The monoisotopic (exact) mass is 328 g/mol. The van der Waals surface area contributed by atoms with E-state index in [1.807, 2.05) is 0 Å². The molecular formula is C19H38P2. The highest BCUT2D eigenvalue weighted by atomic mass is 31.2. The molecule has 2 heteroatoms.